The Morgan fingerprint density at radius 3 is 2.54 bits per heavy atom. The minimum absolute atomic E-state index is 0.00644. The fourth-order valence-corrected chi connectivity index (χ4v) is 3.39. The fraction of sp³-hybridized carbons (Fsp3) is 0.778. The van der Waals surface area contributed by atoms with Crippen LogP contribution in [0.5, 0.6) is 0 Å². The van der Waals surface area contributed by atoms with Gasteiger partial charge in [0.2, 0.25) is 0 Å². The molecule has 1 saturated heterocycles. The average Bonchev–Trinajstić information content (AvgIpc) is 2.95. The van der Waals surface area contributed by atoms with Gasteiger partial charge < -0.3 is 15.3 Å². The van der Waals surface area contributed by atoms with Crippen LogP contribution < -0.4 is 5.32 Å². The first kappa shape index (κ1) is 18.8. The highest BCUT2D eigenvalue weighted by atomic mass is 16.3. The van der Waals surface area contributed by atoms with Crippen molar-refractivity contribution in [1.29, 1.82) is 0 Å². The molecule has 0 spiro atoms. The number of hydrogen-bond donors (Lipinski definition) is 2. The molecule has 0 aromatic carbocycles. The van der Waals surface area contributed by atoms with E-state index in [4.69, 9.17) is 0 Å². The van der Waals surface area contributed by atoms with Crippen LogP contribution in [-0.4, -0.2) is 45.5 Å². The number of carbonyl (C=O) groups excluding carboxylic acids is 1. The minimum Gasteiger partial charge on any atom is -0.396 e. The monoisotopic (exact) mass is 336 g/mol. The number of aromatic nitrogens is 2. The summed E-state index contributed by atoms with van der Waals surface area (Å²) < 4.78 is 1.99. The Kier molecular flexibility index (Phi) is 6.27. The molecule has 0 aliphatic carbocycles. The van der Waals surface area contributed by atoms with E-state index in [1.807, 2.05) is 9.58 Å². The number of rotatable bonds is 6. The van der Waals surface area contributed by atoms with Gasteiger partial charge in [-0.3, -0.25) is 4.68 Å². The number of likely N-dealkylation sites (tertiary alicyclic amines) is 1. The Bertz CT molecular complexity index is 539. The maximum atomic E-state index is 12.6. The molecule has 0 radical (unpaired) electrons. The number of nitrogens with zero attached hydrogens (tertiary/aromatic N) is 3. The van der Waals surface area contributed by atoms with E-state index in [2.05, 4.69) is 38.1 Å². The predicted molar refractivity (Wildman–Crippen MR) is 96.1 cm³/mol. The number of carbonyl (C=O) groups is 1. The molecule has 2 N–H and O–H groups in total. The van der Waals surface area contributed by atoms with Gasteiger partial charge in [0.1, 0.15) is 0 Å². The topological polar surface area (TPSA) is 70.4 Å². The summed E-state index contributed by atoms with van der Waals surface area (Å²) in [6, 6.07) is -0.0589. The summed E-state index contributed by atoms with van der Waals surface area (Å²) in [7, 11) is 0. The van der Waals surface area contributed by atoms with Crippen LogP contribution in [0.4, 0.5) is 10.5 Å². The van der Waals surface area contributed by atoms with Crippen molar-refractivity contribution in [3.05, 3.63) is 11.9 Å². The molecule has 1 aromatic heterocycles. The molecule has 2 rings (SSSR count). The van der Waals surface area contributed by atoms with Crippen LogP contribution in [-0.2, 0) is 13.0 Å². The number of nitrogens with one attached hydrogen (secondary N) is 1. The van der Waals surface area contributed by atoms with Crippen LogP contribution in [0.15, 0.2) is 6.20 Å². The van der Waals surface area contributed by atoms with Crippen LogP contribution in [0.1, 0.15) is 52.7 Å². The van der Waals surface area contributed by atoms with Gasteiger partial charge in [0.25, 0.3) is 0 Å². The van der Waals surface area contributed by atoms with E-state index in [9.17, 15) is 9.90 Å². The lowest BCUT2D eigenvalue weighted by Crippen LogP contribution is -2.46. The van der Waals surface area contributed by atoms with Gasteiger partial charge in [-0.25, -0.2) is 4.79 Å². The Labute approximate surface area is 145 Å². The second kappa shape index (κ2) is 8.01. The summed E-state index contributed by atoms with van der Waals surface area (Å²) >= 11 is 0. The second-order valence-corrected chi connectivity index (χ2v) is 7.36. The normalized spacial score (nSPS) is 17.3. The summed E-state index contributed by atoms with van der Waals surface area (Å²) in [5.41, 5.74) is 1.89. The summed E-state index contributed by atoms with van der Waals surface area (Å²) in [5, 5.41) is 17.1. The lowest BCUT2D eigenvalue weighted by molar-refractivity contribution is 0.0542. The first-order valence-corrected chi connectivity index (χ1v) is 9.16. The van der Waals surface area contributed by atoms with Crippen molar-refractivity contribution in [2.75, 3.05) is 25.0 Å². The predicted octanol–water partition coefficient (Wildman–Crippen LogP) is 3.12. The zero-order chi connectivity index (χ0) is 17.7. The SMILES string of the molecule is CCc1c(NC(=O)N2CCC(CC)(CO)CC2)cnn1CC(C)C. The van der Waals surface area contributed by atoms with Gasteiger partial charge in [0, 0.05) is 26.2 Å². The number of aliphatic hydroxyl groups excluding tert-OH is 1. The van der Waals surface area contributed by atoms with Crippen molar-refractivity contribution in [2.45, 2.75) is 59.9 Å². The number of urea groups is 1. The molecule has 0 bridgehead atoms. The van der Waals surface area contributed by atoms with E-state index < -0.39 is 0 Å². The first-order valence-electron chi connectivity index (χ1n) is 9.16. The van der Waals surface area contributed by atoms with Crippen LogP contribution in [0.2, 0.25) is 0 Å². The Morgan fingerprint density at radius 2 is 2.04 bits per heavy atom. The molecule has 0 unspecified atom stereocenters. The Morgan fingerprint density at radius 1 is 1.38 bits per heavy atom. The summed E-state index contributed by atoms with van der Waals surface area (Å²) in [6.45, 7) is 11.0. The molecule has 6 heteroatoms. The molecule has 1 aliphatic heterocycles. The number of anilines is 1. The van der Waals surface area contributed by atoms with Crippen molar-refractivity contribution in [3.8, 4) is 0 Å². The summed E-state index contributed by atoms with van der Waals surface area (Å²) in [4.78, 5) is 14.4. The number of piperidine rings is 1. The van der Waals surface area contributed by atoms with Crippen molar-refractivity contribution < 1.29 is 9.90 Å². The molecule has 24 heavy (non-hydrogen) atoms. The first-order chi connectivity index (χ1) is 11.4. The maximum absolute atomic E-state index is 12.6. The highest BCUT2D eigenvalue weighted by Gasteiger charge is 2.34. The standard InChI is InChI=1S/C18H32N4O2/c1-5-16-15(11-19-22(16)12-14(3)4)20-17(24)21-9-7-18(6-2,13-23)8-10-21/h11,14,23H,5-10,12-13H2,1-4H3,(H,20,24). The molecule has 1 aliphatic rings. The summed E-state index contributed by atoms with van der Waals surface area (Å²) in [5.74, 6) is 0.515. The molecular weight excluding hydrogens is 304 g/mol. The molecular formula is C18H32N4O2. The molecule has 2 amide bonds. The van der Waals surface area contributed by atoms with Gasteiger partial charge >= 0.3 is 6.03 Å². The van der Waals surface area contributed by atoms with Gasteiger partial charge in [-0.1, -0.05) is 27.7 Å². The largest absolute Gasteiger partial charge is 0.396 e. The van der Waals surface area contributed by atoms with Gasteiger partial charge in [-0.15, -0.1) is 0 Å². The maximum Gasteiger partial charge on any atom is 0.321 e. The van der Waals surface area contributed by atoms with E-state index in [0.717, 1.165) is 43.6 Å². The molecule has 0 saturated carbocycles. The van der Waals surface area contributed by atoms with E-state index >= 15 is 0 Å². The van der Waals surface area contributed by atoms with Gasteiger partial charge in [-0.2, -0.15) is 5.10 Å². The fourth-order valence-electron chi connectivity index (χ4n) is 3.39. The van der Waals surface area contributed by atoms with Crippen LogP contribution in [0, 0.1) is 11.3 Å². The zero-order valence-corrected chi connectivity index (χ0v) is 15.5. The van der Waals surface area contributed by atoms with E-state index in [-0.39, 0.29) is 18.1 Å². The quantitative estimate of drug-likeness (QED) is 0.838. The lowest BCUT2D eigenvalue weighted by Gasteiger charge is -2.40. The Hall–Kier alpha value is -1.56. The summed E-state index contributed by atoms with van der Waals surface area (Å²) in [6.07, 6.45) is 5.28. The van der Waals surface area contributed by atoms with Crippen LogP contribution >= 0.6 is 0 Å². The molecule has 1 fully saturated rings. The van der Waals surface area contributed by atoms with E-state index in [1.54, 1.807) is 6.20 Å². The highest BCUT2D eigenvalue weighted by Crippen LogP contribution is 2.34. The van der Waals surface area contributed by atoms with Crippen molar-refractivity contribution in [3.63, 3.8) is 0 Å². The van der Waals surface area contributed by atoms with Gasteiger partial charge in [0.05, 0.1) is 17.6 Å². The third kappa shape index (κ3) is 4.09. The molecule has 136 valence electrons. The van der Waals surface area contributed by atoms with E-state index in [0.29, 0.717) is 19.0 Å². The second-order valence-electron chi connectivity index (χ2n) is 7.36. The van der Waals surface area contributed by atoms with E-state index in [1.165, 1.54) is 0 Å². The lowest BCUT2D eigenvalue weighted by atomic mass is 9.77. The third-order valence-corrected chi connectivity index (χ3v) is 5.26. The molecule has 2 heterocycles. The average molecular weight is 336 g/mol. The van der Waals surface area contributed by atoms with Crippen molar-refractivity contribution >= 4 is 11.7 Å². The molecule has 6 nitrogen and oxygen atoms in total. The smallest absolute Gasteiger partial charge is 0.321 e. The molecule has 1 aromatic rings. The van der Waals surface area contributed by atoms with Crippen molar-refractivity contribution in [2.24, 2.45) is 11.3 Å². The zero-order valence-electron chi connectivity index (χ0n) is 15.5. The molecule has 0 atom stereocenters. The van der Waals surface area contributed by atoms with Crippen LogP contribution in [0.3, 0.4) is 0 Å². The number of amides is 2. The van der Waals surface area contributed by atoms with Crippen LogP contribution in [0.25, 0.3) is 0 Å². The number of hydrogen-bond acceptors (Lipinski definition) is 3. The highest BCUT2D eigenvalue weighted by molar-refractivity contribution is 5.89. The number of aliphatic hydroxyl groups is 1. The minimum atomic E-state index is -0.0589. The Balaban J connectivity index is 1.99. The third-order valence-electron chi connectivity index (χ3n) is 5.26. The van der Waals surface area contributed by atoms with Gasteiger partial charge in [-0.05, 0) is 37.0 Å². The van der Waals surface area contributed by atoms with Crippen molar-refractivity contribution in [1.82, 2.24) is 14.7 Å². The van der Waals surface area contributed by atoms with Gasteiger partial charge in [0.15, 0.2) is 0 Å².